The average molecular weight is 236 g/mol. The summed E-state index contributed by atoms with van der Waals surface area (Å²) in [4.78, 5) is 10.8. The van der Waals surface area contributed by atoms with E-state index in [2.05, 4.69) is 0 Å². The summed E-state index contributed by atoms with van der Waals surface area (Å²) < 4.78 is 49.9. The topological polar surface area (TPSA) is 55.1 Å². The van der Waals surface area contributed by atoms with Gasteiger partial charge < -0.3 is 0 Å². The molecule has 0 fully saturated rings. The highest BCUT2D eigenvalue weighted by molar-refractivity contribution is 5.78. The molecular weight excluding hydrogens is 228 g/mol. The molecule has 16 heavy (non-hydrogen) atoms. The molecule has 0 radical (unpaired) electrons. The number of hydrogen-bond donors (Lipinski definition) is 2. The van der Waals surface area contributed by atoms with Gasteiger partial charge in [-0.1, -0.05) is 0 Å². The molecular formula is C9H8F4N2O. The zero-order chi connectivity index (χ0) is 12.3. The number of halogens is 4. The van der Waals surface area contributed by atoms with Crippen LogP contribution in [-0.4, -0.2) is 5.91 Å². The number of carbonyl (C=O) groups excluding carboxylic acids is 1. The van der Waals surface area contributed by atoms with Gasteiger partial charge in [-0.25, -0.2) is 10.2 Å². The van der Waals surface area contributed by atoms with E-state index in [1.165, 1.54) is 0 Å². The van der Waals surface area contributed by atoms with Crippen molar-refractivity contribution >= 4 is 5.91 Å². The van der Waals surface area contributed by atoms with E-state index in [1.807, 2.05) is 0 Å². The Kier molecular flexibility index (Phi) is 3.48. The van der Waals surface area contributed by atoms with Gasteiger partial charge in [0.15, 0.2) is 0 Å². The number of benzene rings is 1. The highest BCUT2D eigenvalue weighted by atomic mass is 19.4. The predicted octanol–water partition coefficient (Wildman–Crippen LogP) is 1.38. The van der Waals surface area contributed by atoms with Crippen LogP contribution in [0.5, 0.6) is 0 Å². The summed E-state index contributed by atoms with van der Waals surface area (Å²) in [6.45, 7) is 0. The van der Waals surface area contributed by atoms with Crippen LogP contribution in [0.25, 0.3) is 0 Å². The lowest BCUT2D eigenvalue weighted by Gasteiger charge is -2.09. The van der Waals surface area contributed by atoms with Gasteiger partial charge in [0.25, 0.3) is 0 Å². The zero-order valence-electron chi connectivity index (χ0n) is 7.94. The number of alkyl halides is 3. The van der Waals surface area contributed by atoms with E-state index in [0.717, 1.165) is 0 Å². The van der Waals surface area contributed by atoms with E-state index in [0.29, 0.717) is 18.2 Å². The van der Waals surface area contributed by atoms with Crippen LogP contribution >= 0.6 is 0 Å². The van der Waals surface area contributed by atoms with E-state index >= 15 is 0 Å². The quantitative estimate of drug-likeness (QED) is 0.353. The van der Waals surface area contributed by atoms with Crippen LogP contribution in [0.2, 0.25) is 0 Å². The van der Waals surface area contributed by atoms with Crippen molar-refractivity contribution in [3.63, 3.8) is 0 Å². The molecule has 0 spiro atoms. The number of hydrogen-bond acceptors (Lipinski definition) is 2. The molecule has 0 heterocycles. The summed E-state index contributed by atoms with van der Waals surface area (Å²) in [7, 11) is 0. The van der Waals surface area contributed by atoms with Gasteiger partial charge >= 0.3 is 6.18 Å². The van der Waals surface area contributed by atoms with E-state index in [9.17, 15) is 22.4 Å². The van der Waals surface area contributed by atoms with Crippen molar-refractivity contribution in [3.05, 3.63) is 35.1 Å². The second-order valence-electron chi connectivity index (χ2n) is 3.05. The van der Waals surface area contributed by atoms with Crippen LogP contribution in [0, 0.1) is 5.82 Å². The maximum absolute atomic E-state index is 13.1. The monoisotopic (exact) mass is 236 g/mol. The molecule has 1 rings (SSSR count). The molecule has 0 saturated carbocycles. The van der Waals surface area contributed by atoms with E-state index in [1.54, 1.807) is 5.43 Å². The first kappa shape index (κ1) is 12.4. The molecule has 1 amide bonds. The Hall–Kier alpha value is -1.63. The number of nitrogens with one attached hydrogen (secondary N) is 1. The SMILES string of the molecule is NNC(=O)Cc1cc(C(F)(F)F)ccc1F. The normalized spacial score (nSPS) is 11.3. The van der Waals surface area contributed by atoms with Gasteiger partial charge in [0, 0.05) is 0 Å². The van der Waals surface area contributed by atoms with Crippen molar-refractivity contribution in [2.45, 2.75) is 12.6 Å². The fourth-order valence-electron chi connectivity index (χ4n) is 1.11. The van der Waals surface area contributed by atoms with Gasteiger partial charge in [-0.05, 0) is 23.8 Å². The van der Waals surface area contributed by atoms with E-state index in [-0.39, 0.29) is 5.56 Å². The first-order valence-electron chi connectivity index (χ1n) is 4.19. The number of nitrogens with two attached hydrogens (primary N) is 1. The van der Waals surface area contributed by atoms with Crippen LogP contribution in [-0.2, 0) is 17.4 Å². The Labute approximate surface area is 88.2 Å². The summed E-state index contributed by atoms with van der Waals surface area (Å²) in [5.74, 6) is 3.11. The number of carbonyl (C=O) groups is 1. The third kappa shape index (κ3) is 2.93. The molecule has 0 aromatic heterocycles. The second kappa shape index (κ2) is 4.48. The minimum absolute atomic E-state index is 0.349. The molecule has 88 valence electrons. The lowest BCUT2D eigenvalue weighted by Crippen LogP contribution is -2.31. The minimum Gasteiger partial charge on any atom is -0.294 e. The van der Waals surface area contributed by atoms with Crippen molar-refractivity contribution in [1.29, 1.82) is 0 Å². The summed E-state index contributed by atoms with van der Waals surface area (Å²) >= 11 is 0. The molecule has 0 bridgehead atoms. The van der Waals surface area contributed by atoms with Gasteiger partial charge in [-0.15, -0.1) is 0 Å². The molecule has 1 aromatic rings. The van der Waals surface area contributed by atoms with Gasteiger partial charge in [0.2, 0.25) is 5.91 Å². The smallest absolute Gasteiger partial charge is 0.294 e. The lowest BCUT2D eigenvalue weighted by molar-refractivity contribution is -0.137. The Morgan fingerprint density at radius 3 is 2.50 bits per heavy atom. The van der Waals surface area contributed by atoms with Crippen LogP contribution in [0.3, 0.4) is 0 Å². The third-order valence-electron chi connectivity index (χ3n) is 1.89. The maximum Gasteiger partial charge on any atom is 0.416 e. The van der Waals surface area contributed by atoms with Crippen molar-refractivity contribution in [2.75, 3.05) is 0 Å². The molecule has 3 nitrogen and oxygen atoms in total. The van der Waals surface area contributed by atoms with Gasteiger partial charge in [0.1, 0.15) is 5.82 Å². The van der Waals surface area contributed by atoms with Crippen LogP contribution in [0.4, 0.5) is 17.6 Å². The summed E-state index contributed by atoms with van der Waals surface area (Å²) in [6, 6.07) is 1.87. The number of hydrazine groups is 1. The molecule has 1 aromatic carbocycles. The van der Waals surface area contributed by atoms with Crippen molar-refractivity contribution < 1.29 is 22.4 Å². The maximum atomic E-state index is 13.1. The molecule has 0 aliphatic rings. The van der Waals surface area contributed by atoms with Crippen LogP contribution < -0.4 is 11.3 Å². The third-order valence-corrected chi connectivity index (χ3v) is 1.89. The molecule has 3 N–H and O–H groups in total. The second-order valence-corrected chi connectivity index (χ2v) is 3.05. The highest BCUT2D eigenvalue weighted by Crippen LogP contribution is 2.30. The van der Waals surface area contributed by atoms with E-state index < -0.39 is 29.9 Å². The summed E-state index contributed by atoms with van der Waals surface area (Å²) in [5.41, 5.74) is 0.357. The highest BCUT2D eigenvalue weighted by Gasteiger charge is 2.31. The fraction of sp³-hybridized carbons (Fsp3) is 0.222. The van der Waals surface area contributed by atoms with Crippen molar-refractivity contribution in [1.82, 2.24) is 5.43 Å². The standard InChI is InChI=1S/C9H8F4N2O/c10-7-2-1-6(9(11,12)13)3-5(7)4-8(16)15-14/h1-3H,4,14H2,(H,15,16). The Bertz CT molecular complexity index is 403. The molecule has 0 atom stereocenters. The van der Waals surface area contributed by atoms with Crippen LogP contribution in [0.1, 0.15) is 11.1 Å². The number of rotatable bonds is 2. The Morgan fingerprint density at radius 1 is 1.38 bits per heavy atom. The first-order valence-corrected chi connectivity index (χ1v) is 4.19. The van der Waals surface area contributed by atoms with Crippen LogP contribution in [0.15, 0.2) is 18.2 Å². The van der Waals surface area contributed by atoms with Gasteiger partial charge in [0.05, 0.1) is 12.0 Å². The molecule has 7 heteroatoms. The van der Waals surface area contributed by atoms with Crippen molar-refractivity contribution in [3.8, 4) is 0 Å². The fourth-order valence-corrected chi connectivity index (χ4v) is 1.11. The van der Waals surface area contributed by atoms with Gasteiger partial charge in [-0.2, -0.15) is 13.2 Å². The summed E-state index contributed by atoms with van der Waals surface area (Å²) in [6.07, 6.45) is -5.10. The molecule has 0 aliphatic heterocycles. The molecule has 0 saturated heterocycles. The average Bonchev–Trinajstić information content (AvgIpc) is 2.19. The first-order chi connectivity index (χ1) is 7.34. The summed E-state index contributed by atoms with van der Waals surface area (Å²) in [5, 5.41) is 0. The minimum atomic E-state index is -4.57. The van der Waals surface area contributed by atoms with Crippen molar-refractivity contribution in [2.24, 2.45) is 5.84 Å². The Morgan fingerprint density at radius 2 is 2.00 bits per heavy atom. The predicted molar refractivity (Wildman–Crippen MR) is 47.4 cm³/mol. The number of amides is 1. The van der Waals surface area contributed by atoms with E-state index in [4.69, 9.17) is 5.84 Å². The molecule has 0 aliphatic carbocycles. The zero-order valence-corrected chi connectivity index (χ0v) is 7.94. The largest absolute Gasteiger partial charge is 0.416 e. The van der Waals surface area contributed by atoms with Gasteiger partial charge in [-0.3, -0.25) is 10.2 Å². The lowest BCUT2D eigenvalue weighted by atomic mass is 10.1. The molecule has 0 unspecified atom stereocenters. The Balaban J connectivity index is 3.04.